The molecule has 0 aliphatic heterocycles. The van der Waals surface area contributed by atoms with Crippen molar-refractivity contribution in [3.8, 4) is 5.75 Å². The van der Waals surface area contributed by atoms with Gasteiger partial charge in [0, 0.05) is 0 Å². The second-order valence-corrected chi connectivity index (χ2v) is 8.14. The molecule has 130 valence electrons. The fourth-order valence-electron chi connectivity index (χ4n) is 1.71. The molecule has 1 aromatic carbocycles. The van der Waals surface area contributed by atoms with E-state index in [1.807, 2.05) is 0 Å². The summed E-state index contributed by atoms with van der Waals surface area (Å²) in [6.45, 7) is 3.20. The zero-order valence-corrected chi connectivity index (χ0v) is 14.7. The Bertz CT molecular complexity index is 823. The van der Waals surface area contributed by atoms with Crippen LogP contribution in [0.1, 0.15) is 20.3 Å². The molecule has 2 aromatic rings. The Morgan fingerprint density at radius 2 is 2.04 bits per heavy atom. The van der Waals surface area contributed by atoms with Crippen LogP contribution in [-0.2, 0) is 14.6 Å². The van der Waals surface area contributed by atoms with Crippen LogP contribution in [0.4, 0.5) is 9.52 Å². The maximum atomic E-state index is 13.6. The Hall–Kier alpha value is -2.07. The molecule has 1 heterocycles. The third kappa shape index (κ3) is 4.26. The summed E-state index contributed by atoms with van der Waals surface area (Å²) in [6.07, 6.45) is -0.656. The molecule has 0 spiro atoms. The topological polar surface area (TPSA) is 98.2 Å². The van der Waals surface area contributed by atoms with E-state index in [-0.39, 0.29) is 21.0 Å². The minimum absolute atomic E-state index is 0.0361. The van der Waals surface area contributed by atoms with Crippen molar-refractivity contribution < 1.29 is 22.3 Å². The lowest BCUT2D eigenvalue weighted by molar-refractivity contribution is -0.122. The number of nitrogens with zero attached hydrogens (tertiary/aromatic N) is 2. The second kappa shape index (κ2) is 7.67. The SMILES string of the molecule is CCC(Oc1ccccc1F)C(=O)Nc1nnc(S(=O)(=O)CC)s1. The molecular formula is C14H16FN3O4S2. The fourth-order valence-corrected chi connectivity index (χ4v) is 3.70. The van der Waals surface area contributed by atoms with Crippen LogP contribution in [0.15, 0.2) is 28.6 Å². The smallest absolute Gasteiger partial charge is 0.267 e. The van der Waals surface area contributed by atoms with E-state index in [2.05, 4.69) is 15.5 Å². The van der Waals surface area contributed by atoms with Gasteiger partial charge in [0.15, 0.2) is 17.7 Å². The number of hydrogen-bond donors (Lipinski definition) is 1. The van der Waals surface area contributed by atoms with Crippen LogP contribution < -0.4 is 10.1 Å². The van der Waals surface area contributed by atoms with Gasteiger partial charge in [0.25, 0.3) is 5.91 Å². The highest BCUT2D eigenvalue weighted by atomic mass is 32.2. The molecule has 10 heteroatoms. The predicted octanol–water partition coefficient (Wildman–Crippen LogP) is 2.27. The molecule has 1 amide bonds. The van der Waals surface area contributed by atoms with E-state index >= 15 is 0 Å². The van der Waals surface area contributed by atoms with Crippen LogP contribution in [0.25, 0.3) is 0 Å². The number of carbonyl (C=O) groups excluding carboxylic acids is 1. The van der Waals surface area contributed by atoms with Gasteiger partial charge >= 0.3 is 0 Å². The van der Waals surface area contributed by atoms with E-state index < -0.39 is 27.7 Å². The first kappa shape index (κ1) is 18.3. The average molecular weight is 373 g/mol. The standard InChI is InChI=1S/C14H16FN3O4S2/c1-3-10(22-11-8-6-5-7-9(11)15)12(19)16-13-17-18-14(23-13)24(20,21)4-2/h5-8,10H,3-4H2,1-2H3,(H,16,17,19). The van der Waals surface area contributed by atoms with Gasteiger partial charge in [-0.25, -0.2) is 12.8 Å². The van der Waals surface area contributed by atoms with Gasteiger partial charge in [0.1, 0.15) is 0 Å². The molecule has 2 rings (SSSR count). The van der Waals surface area contributed by atoms with E-state index in [1.54, 1.807) is 13.0 Å². The summed E-state index contributed by atoms with van der Waals surface area (Å²) >= 11 is 0.758. The minimum Gasteiger partial charge on any atom is -0.478 e. The Labute approximate surface area is 142 Å². The van der Waals surface area contributed by atoms with Crippen molar-refractivity contribution >= 4 is 32.2 Å². The fraction of sp³-hybridized carbons (Fsp3) is 0.357. The van der Waals surface area contributed by atoms with Gasteiger partial charge in [-0.15, -0.1) is 10.2 Å². The van der Waals surface area contributed by atoms with E-state index in [0.717, 1.165) is 11.3 Å². The van der Waals surface area contributed by atoms with E-state index in [9.17, 15) is 17.6 Å². The average Bonchev–Trinajstić information content (AvgIpc) is 3.03. The molecule has 0 fully saturated rings. The Balaban J connectivity index is 2.09. The number of anilines is 1. The maximum absolute atomic E-state index is 13.6. The van der Waals surface area contributed by atoms with Gasteiger partial charge in [-0.1, -0.05) is 37.3 Å². The molecule has 0 aliphatic carbocycles. The first-order valence-corrected chi connectivity index (χ1v) is 9.62. The molecule has 7 nitrogen and oxygen atoms in total. The number of hydrogen-bond acceptors (Lipinski definition) is 7. The third-order valence-electron chi connectivity index (χ3n) is 3.05. The maximum Gasteiger partial charge on any atom is 0.267 e. The number of amides is 1. The zero-order chi connectivity index (χ0) is 17.7. The Kier molecular flexibility index (Phi) is 5.84. The molecule has 1 N–H and O–H groups in total. The monoisotopic (exact) mass is 373 g/mol. The van der Waals surface area contributed by atoms with Crippen molar-refractivity contribution in [2.24, 2.45) is 0 Å². The highest BCUT2D eigenvalue weighted by Gasteiger charge is 2.23. The second-order valence-electron chi connectivity index (χ2n) is 4.71. The van der Waals surface area contributed by atoms with E-state index in [0.29, 0.717) is 6.42 Å². The lowest BCUT2D eigenvalue weighted by atomic mass is 10.2. The van der Waals surface area contributed by atoms with Crippen molar-refractivity contribution in [3.63, 3.8) is 0 Å². The predicted molar refractivity (Wildman–Crippen MR) is 87.4 cm³/mol. The van der Waals surface area contributed by atoms with Gasteiger partial charge in [-0.05, 0) is 18.6 Å². The summed E-state index contributed by atoms with van der Waals surface area (Å²) in [5.74, 6) is -1.27. The van der Waals surface area contributed by atoms with Crippen LogP contribution in [0, 0.1) is 5.82 Å². The van der Waals surface area contributed by atoms with Gasteiger partial charge in [0.2, 0.25) is 19.3 Å². The number of para-hydroxylation sites is 1. The summed E-state index contributed by atoms with van der Waals surface area (Å²) in [5, 5.41) is 9.69. The van der Waals surface area contributed by atoms with E-state index in [1.165, 1.54) is 25.1 Å². The highest BCUT2D eigenvalue weighted by molar-refractivity contribution is 7.93. The van der Waals surface area contributed by atoms with Crippen molar-refractivity contribution in [2.45, 2.75) is 30.7 Å². The van der Waals surface area contributed by atoms with Crippen LogP contribution in [0.3, 0.4) is 0 Å². The molecule has 0 saturated carbocycles. The number of ether oxygens (including phenoxy) is 1. The quantitative estimate of drug-likeness (QED) is 0.748. The largest absolute Gasteiger partial charge is 0.478 e. The van der Waals surface area contributed by atoms with Gasteiger partial charge < -0.3 is 4.74 Å². The zero-order valence-electron chi connectivity index (χ0n) is 13.0. The normalized spacial score (nSPS) is 12.6. The van der Waals surface area contributed by atoms with Crippen LogP contribution in [0.5, 0.6) is 5.75 Å². The molecule has 0 saturated heterocycles. The summed E-state index contributed by atoms with van der Waals surface area (Å²) in [6, 6.07) is 5.75. The summed E-state index contributed by atoms with van der Waals surface area (Å²) in [4.78, 5) is 12.2. The molecule has 0 bridgehead atoms. The number of aromatic nitrogens is 2. The molecule has 0 aliphatic rings. The summed E-state index contributed by atoms with van der Waals surface area (Å²) in [7, 11) is -3.48. The lowest BCUT2D eigenvalue weighted by Crippen LogP contribution is -2.32. The van der Waals surface area contributed by atoms with Crippen molar-refractivity contribution in [1.29, 1.82) is 0 Å². The third-order valence-corrected chi connectivity index (χ3v) is 6.07. The number of sulfone groups is 1. The van der Waals surface area contributed by atoms with Crippen LogP contribution >= 0.6 is 11.3 Å². The van der Waals surface area contributed by atoms with Gasteiger partial charge in [-0.2, -0.15) is 0 Å². The molecular weight excluding hydrogens is 357 g/mol. The van der Waals surface area contributed by atoms with E-state index in [4.69, 9.17) is 4.74 Å². The first-order chi connectivity index (χ1) is 11.4. The number of nitrogens with one attached hydrogen (secondary N) is 1. The van der Waals surface area contributed by atoms with Crippen LogP contribution in [0.2, 0.25) is 0 Å². The number of benzene rings is 1. The Morgan fingerprint density at radius 1 is 1.33 bits per heavy atom. The number of halogens is 1. The summed E-state index contributed by atoms with van der Waals surface area (Å²) < 4.78 is 42.2. The van der Waals surface area contributed by atoms with Crippen LogP contribution in [-0.4, -0.2) is 36.4 Å². The minimum atomic E-state index is -3.48. The molecule has 1 aromatic heterocycles. The molecule has 24 heavy (non-hydrogen) atoms. The Morgan fingerprint density at radius 3 is 2.67 bits per heavy atom. The summed E-state index contributed by atoms with van der Waals surface area (Å²) in [5.41, 5.74) is 0. The lowest BCUT2D eigenvalue weighted by Gasteiger charge is -2.16. The number of carbonyl (C=O) groups is 1. The van der Waals surface area contributed by atoms with Crippen molar-refractivity contribution in [3.05, 3.63) is 30.1 Å². The van der Waals surface area contributed by atoms with Gasteiger partial charge in [0.05, 0.1) is 5.75 Å². The number of rotatable bonds is 7. The van der Waals surface area contributed by atoms with Gasteiger partial charge in [-0.3, -0.25) is 10.1 Å². The molecule has 0 radical (unpaired) electrons. The van der Waals surface area contributed by atoms with Crippen molar-refractivity contribution in [2.75, 3.05) is 11.1 Å². The molecule has 1 atom stereocenters. The molecule has 1 unspecified atom stereocenters. The van der Waals surface area contributed by atoms with Crippen molar-refractivity contribution in [1.82, 2.24) is 10.2 Å². The first-order valence-electron chi connectivity index (χ1n) is 7.15. The highest BCUT2D eigenvalue weighted by Crippen LogP contribution is 2.22.